The maximum absolute atomic E-state index is 13.5. The maximum atomic E-state index is 13.5. The lowest BCUT2D eigenvalue weighted by molar-refractivity contribution is -0.116. The summed E-state index contributed by atoms with van der Waals surface area (Å²) in [5.41, 5.74) is 5.32. The van der Waals surface area contributed by atoms with E-state index in [9.17, 15) is 18.8 Å². The molecule has 7 nitrogen and oxygen atoms in total. The number of aryl methyl sites for hydroxylation is 1. The van der Waals surface area contributed by atoms with E-state index in [1.165, 1.54) is 17.0 Å². The molecule has 3 rings (SSSR count). The Morgan fingerprint density at radius 2 is 2.00 bits per heavy atom. The fraction of sp³-hybridized carbons (Fsp3) is 0.111. The van der Waals surface area contributed by atoms with Gasteiger partial charge in [0, 0.05) is 23.1 Å². The predicted molar refractivity (Wildman–Crippen MR) is 102 cm³/mol. The standard InChI is InChI=1S/C18H14BrFN4O3/c19-10-1-4-15-13(7-10)18(27)24(9-22-15)6-5-16(25)23-11-2-3-14(20)12(8-11)17(21)26/h1-4,7-9H,5-6H2,(H2,21,26)(H,23,25). The number of hydrogen-bond donors (Lipinski definition) is 2. The van der Waals surface area contributed by atoms with Gasteiger partial charge in [0.05, 0.1) is 22.8 Å². The number of carbonyl (C=O) groups is 2. The van der Waals surface area contributed by atoms with Crippen molar-refractivity contribution < 1.29 is 14.0 Å². The number of nitrogens with one attached hydrogen (secondary N) is 1. The van der Waals surface area contributed by atoms with E-state index < -0.39 is 17.6 Å². The van der Waals surface area contributed by atoms with Gasteiger partial charge in [0.2, 0.25) is 5.91 Å². The Labute approximate surface area is 161 Å². The van der Waals surface area contributed by atoms with E-state index in [0.717, 1.165) is 16.6 Å². The molecule has 0 aliphatic carbocycles. The maximum Gasteiger partial charge on any atom is 0.261 e. The van der Waals surface area contributed by atoms with Gasteiger partial charge in [0.15, 0.2) is 0 Å². The van der Waals surface area contributed by atoms with Crippen LogP contribution in [0.15, 0.2) is 52.0 Å². The number of benzene rings is 2. The molecule has 0 aliphatic heterocycles. The Morgan fingerprint density at radius 1 is 1.22 bits per heavy atom. The van der Waals surface area contributed by atoms with Crippen molar-refractivity contribution in [1.82, 2.24) is 9.55 Å². The average molecular weight is 433 g/mol. The molecule has 3 N–H and O–H groups in total. The van der Waals surface area contributed by atoms with Crippen molar-refractivity contribution in [3.05, 3.63) is 68.9 Å². The summed E-state index contributed by atoms with van der Waals surface area (Å²) in [4.78, 5) is 40.0. The van der Waals surface area contributed by atoms with Crippen LogP contribution in [0.1, 0.15) is 16.8 Å². The summed E-state index contributed by atoms with van der Waals surface area (Å²) in [5.74, 6) is -2.10. The molecule has 1 heterocycles. The normalized spacial score (nSPS) is 10.7. The van der Waals surface area contributed by atoms with Crippen LogP contribution >= 0.6 is 15.9 Å². The van der Waals surface area contributed by atoms with E-state index in [4.69, 9.17) is 5.73 Å². The highest BCUT2D eigenvalue weighted by Gasteiger charge is 2.11. The van der Waals surface area contributed by atoms with Gasteiger partial charge in [-0.05, 0) is 36.4 Å². The third-order valence-electron chi connectivity index (χ3n) is 3.88. The molecule has 138 valence electrons. The Morgan fingerprint density at radius 3 is 2.74 bits per heavy atom. The molecule has 0 aliphatic rings. The summed E-state index contributed by atoms with van der Waals surface area (Å²) in [7, 11) is 0. The van der Waals surface area contributed by atoms with Crippen molar-refractivity contribution in [2.24, 2.45) is 5.73 Å². The zero-order valence-electron chi connectivity index (χ0n) is 13.9. The summed E-state index contributed by atoms with van der Waals surface area (Å²) < 4.78 is 15.6. The van der Waals surface area contributed by atoms with E-state index in [0.29, 0.717) is 10.9 Å². The molecule has 0 saturated heterocycles. The minimum Gasteiger partial charge on any atom is -0.366 e. The summed E-state index contributed by atoms with van der Waals surface area (Å²) in [5, 5.41) is 2.99. The summed E-state index contributed by atoms with van der Waals surface area (Å²) in [6.45, 7) is 0.115. The lowest BCUT2D eigenvalue weighted by Crippen LogP contribution is -2.23. The number of rotatable bonds is 5. The second-order valence-electron chi connectivity index (χ2n) is 5.76. The van der Waals surface area contributed by atoms with Gasteiger partial charge in [0.1, 0.15) is 5.82 Å². The number of aromatic nitrogens is 2. The highest BCUT2D eigenvalue weighted by molar-refractivity contribution is 9.10. The predicted octanol–water partition coefficient (Wildman–Crippen LogP) is 2.43. The fourth-order valence-corrected chi connectivity index (χ4v) is 2.89. The Balaban J connectivity index is 1.72. The van der Waals surface area contributed by atoms with Gasteiger partial charge in [-0.3, -0.25) is 19.0 Å². The number of fused-ring (bicyclic) bond motifs is 1. The van der Waals surface area contributed by atoms with Crippen molar-refractivity contribution in [3.8, 4) is 0 Å². The van der Waals surface area contributed by atoms with Gasteiger partial charge in [-0.2, -0.15) is 0 Å². The van der Waals surface area contributed by atoms with Crippen LogP contribution in [-0.2, 0) is 11.3 Å². The van der Waals surface area contributed by atoms with Gasteiger partial charge in [-0.25, -0.2) is 9.37 Å². The average Bonchev–Trinajstić information content (AvgIpc) is 2.63. The van der Waals surface area contributed by atoms with Crippen LogP contribution < -0.4 is 16.6 Å². The van der Waals surface area contributed by atoms with Gasteiger partial charge in [-0.15, -0.1) is 0 Å². The third-order valence-corrected chi connectivity index (χ3v) is 4.37. The topological polar surface area (TPSA) is 107 Å². The van der Waals surface area contributed by atoms with Crippen LogP contribution in [0.25, 0.3) is 10.9 Å². The summed E-state index contributed by atoms with van der Waals surface area (Å²) >= 11 is 3.31. The summed E-state index contributed by atoms with van der Waals surface area (Å²) in [6.07, 6.45) is 1.37. The van der Waals surface area contributed by atoms with Crippen LogP contribution in [-0.4, -0.2) is 21.4 Å². The van der Waals surface area contributed by atoms with Crippen LogP contribution in [0.5, 0.6) is 0 Å². The molecular weight excluding hydrogens is 419 g/mol. The first-order valence-electron chi connectivity index (χ1n) is 7.89. The molecule has 0 unspecified atom stereocenters. The molecule has 0 saturated carbocycles. The molecule has 27 heavy (non-hydrogen) atoms. The van der Waals surface area contributed by atoms with E-state index in [1.807, 2.05) is 0 Å². The Bertz CT molecular complexity index is 1110. The quantitative estimate of drug-likeness (QED) is 0.645. The first-order chi connectivity index (χ1) is 12.8. The third kappa shape index (κ3) is 4.20. The lowest BCUT2D eigenvalue weighted by atomic mass is 10.1. The second kappa shape index (κ2) is 7.67. The van der Waals surface area contributed by atoms with Crippen LogP contribution in [0.4, 0.5) is 10.1 Å². The smallest absolute Gasteiger partial charge is 0.261 e. The minimum absolute atomic E-state index is 0.00955. The zero-order chi connectivity index (χ0) is 19.6. The van der Waals surface area contributed by atoms with Crippen molar-refractivity contribution in [2.45, 2.75) is 13.0 Å². The van der Waals surface area contributed by atoms with Crippen LogP contribution in [0, 0.1) is 5.82 Å². The van der Waals surface area contributed by atoms with E-state index in [1.54, 1.807) is 18.2 Å². The highest BCUT2D eigenvalue weighted by Crippen LogP contribution is 2.16. The first-order valence-corrected chi connectivity index (χ1v) is 8.68. The van der Waals surface area contributed by atoms with E-state index in [-0.39, 0.29) is 29.8 Å². The molecule has 0 radical (unpaired) electrons. The molecule has 0 spiro atoms. The number of primary amides is 1. The number of nitrogens with zero attached hydrogens (tertiary/aromatic N) is 2. The van der Waals surface area contributed by atoms with Crippen molar-refractivity contribution >= 4 is 44.3 Å². The van der Waals surface area contributed by atoms with E-state index in [2.05, 4.69) is 26.2 Å². The van der Waals surface area contributed by atoms with Gasteiger partial charge >= 0.3 is 0 Å². The second-order valence-corrected chi connectivity index (χ2v) is 6.68. The number of halogens is 2. The highest BCUT2D eigenvalue weighted by atomic mass is 79.9. The molecule has 9 heteroatoms. The molecule has 2 aromatic carbocycles. The van der Waals surface area contributed by atoms with Crippen LogP contribution in [0.2, 0.25) is 0 Å². The van der Waals surface area contributed by atoms with Crippen molar-refractivity contribution in [2.75, 3.05) is 5.32 Å². The number of nitrogens with two attached hydrogens (primary N) is 1. The molecule has 0 bridgehead atoms. The SMILES string of the molecule is NC(=O)c1cc(NC(=O)CCn2cnc3ccc(Br)cc3c2=O)ccc1F. The number of amides is 2. The van der Waals surface area contributed by atoms with E-state index >= 15 is 0 Å². The number of hydrogen-bond acceptors (Lipinski definition) is 4. The Kier molecular flexibility index (Phi) is 5.31. The van der Waals surface area contributed by atoms with Crippen molar-refractivity contribution in [3.63, 3.8) is 0 Å². The fourth-order valence-electron chi connectivity index (χ4n) is 2.53. The minimum atomic E-state index is -0.927. The van der Waals surface area contributed by atoms with Gasteiger partial charge in [-0.1, -0.05) is 15.9 Å². The largest absolute Gasteiger partial charge is 0.366 e. The number of anilines is 1. The lowest BCUT2D eigenvalue weighted by Gasteiger charge is -2.09. The zero-order valence-corrected chi connectivity index (χ0v) is 15.5. The number of carbonyl (C=O) groups excluding carboxylic acids is 2. The van der Waals surface area contributed by atoms with Crippen molar-refractivity contribution in [1.29, 1.82) is 0 Å². The van der Waals surface area contributed by atoms with Gasteiger partial charge in [0.25, 0.3) is 11.5 Å². The molecule has 3 aromatic rings. The summed E-state index contributed by atoms with van der Waals surface area (Å²) in [6, 6.07) is 8.71. The monoisotopic (exact) mass is 432 g/mol. The molecular formula is C18H14BrFN4O3. The molecule has 0 fully saturated rings. The molecule has 2 amide bonds. The molecule has 1 aromatic heterocycles. The van der Waals surface area contributed by atoms with Gasteiger partial charge < -0.3 is 11.1 Å². The molecule has 0 atom stereocenters. The van der Waals surface area contributed by atoms with Crippen LogP contribution in [0.3, 0.4) is 0 Å². The first kappa shape index (κ1) is 18.7. The Hall–Kier alpha value is -3.07.